The quantitative estimate of drug-likeness (QED) is 0.899. The molecular formula is C17H20N2O2S2. The van der Waals surface area contributed by atoms with Crippen molar-refractivity contribution in [2.75, 3.05) is 4.90 Å². The Kier molecular flexibility index (Phi) is 4.37. The van der Waals surface area contributed by atoms with Gasteiger partial charge in [-0.2, -0.15) is 11.3 Å². The Bertz CT molecular complexity index is 630. The Morgan fingerprint density at radius 2 is 2.09 bits per heavy atom. The standard InChI is InChI=1S/C17H20N2O2S2/c20-17(21-15-8-13-3-4-14(9-15)18-13)19(16-2-1-6-23-16)10-12-5-7-22-11-12/h1-2,5-7,11,13-15,18H,3-4,8-10H2. The molecule has 4 nitrogen and oxygen atoms in total. The number of rotatable bonds is 4. The summed E-state index contributed by atoms with van der Waals surface area (Å²) in [4.78, 5) is 14.5. The van der Waals surface area contributed by atoms with Gasteiger partial charge in [-0.05, 0) is 65.6 Å². The Hall–Kier alpha value is -1.37. The van der Waals surface area contributed by atoms with Crippen molar-refractivity contribution in [1.29, 1.82) is 0 Å². The van der Waals surface area contributed by atoms with Crippen LogP contribution in [0.4, 0.5) is 9.80 Å². The molecule has 0 saturated carbocycles. The second-order valence-electron chi connectivity index (χ2n) is 6.28. The molecule has 6 heteroatoms. The average Bonchev–Trinajstić information content (AvgIpc) is 3.27. The Morgan fingerprint density at radius 3 is 2.74 bits per heavy atom. The summed E-state index contributed by atoms with van der Waals surface area (Å²) in [6, 6.07) is 7.06. The zero-order valence-electron chi connectivity index (χ0n) is 12.8. The number of ether oxygens (including phenoxy) is 1. The summed E-state index contributed by atoms with van der Waals surface area (Å²) in [7, 11) is 0. The molecule has 2 unspecified atom stereocenters. The van der Waals surface area contributed by atoms with E-state index < -0.39 is 0 Å². The van der Waals surface area contributed by atoms with E-state index in [-0.39, 0.29) is 12.2 Å². The van der Waals surface area contributed by atoms with Crippen molar-refractivity contribution < 1.29 is 9.53 Å². The summed E-state index contributed by atoms with van der Waals surface area (Å²) in [5, 5.41) is 10.6. The lowest BCUT2D eigenvalue weighted by atomic mass is 10.0. The largest absolute Gasteiger partial charge is 0.446 e. The number of thiophene rings is 2. The van der Waals surface area contributed by atoms with Crippen molar-refractivity contribution in [2.24, 2.45) is 0 Å². The van der Waals surface area contributed by atoms with E-state index in [9.17, 15) is 4.79 Å². The molecule has 0 aromatic carbocycles. The minimum absolute atomic E-state index is 0.0474. The number of nitrogens with one attached hydrogen (secondary N) is 1. The third-order valence-electron chi connectivity index (χ3n) is 4.61. The predicted octanol–water partition coefficient (Wildman–Crippen LogP) is 4.24. The highest BCUT2D eigenvalue weighted by molar-refractivity contribution is 7.14. The van der Waals surface area contributed by atoms with Gasteiger partial charge in [-0.1, -0.05) is 0 Å². The summed E-state index contributed by atoms with van der Waals surface area (Å²) < 4.78 is 5.86. The lowest BCUT2D eigenvalue weighted by molar-refractivity contribution is 0.0720. The van der Waals surface area contributed by atoms with Gasteiger partial charge in [-0.15, -0.1) is 11.3 Å². The predicted molar refractivity (Wildman–Crippen MR) is 94.3 cm³/mol. The molecule has 2 saturated heterocycles. The second kappa shape index (κ2) is 6.63. The van der Waals surface area contributed by atoms with Gasteiger partial charge in [0.15, 0.2) is 0 Å². The molecule has 2 aliphatic rings. The first-order valence-corrected chi connectivity index (χ1v) is 9.89. The summed E-state index contributed by atoms with van der Waals surface area (Å²) in [5.41, 5.74) is 1.14. The molecule has 23 heavy (non-hydrogen) atoms. The van der Waals surface area contributed by atoms with Crippen molar-refractivity contribution in [1.82, 2.24) is 5.32 Å². The van der Waals surface area contributed by atoms with E-state index >= 15 is 0 Å². The molecule has 2 aromatic heterocycles. The Balaban J connectivity index is 1.46. The highest BCUT2D eigenvalue weighted by Crippen LogP contribution is 2.30. The van der Waals surface area contributed by atoms with Crippen LogP contribution >= 0.6 is 22.7 Å². The normalized spacial score (nSPS) is 26.2. The van der Waals surface area contributed by atoms with Gasteiger partial charge in [0.05, 0.1) is 6.54 Å². The first-order valence-electron chi connectivity index (χ1n) is 8.07. The number of amides is 1. The van der Waals surface area contributed by atoms with Crippen LogP contribution in [0.25, 0.3) is 0 Å². The fourth-order valence-corrected chi connectivity index (χ4v) is 4.91. The maximum Gasteiger partial charge on any atom is 0.415 e. The number of hydrogen-bond donors (Lipinski definition) is 1. The van der Waals surface area contributed by atoms with Gasteiger partial charge in [-0.25, -0.2) is 4.79 Å². The van der Waals surface area contributed by atoms with Crippen LogP contribution in [0.5, 0.6) is 0 Å². The number of piperidine rings is 1. The van der Waals surface area contributed by atoms with Crippen LogP contribution in [0.3, 0.4) is 0 Å². The van der Waals surface area contributed by atoms with E-state index in [0.29, 0.717) is 18.6 Å². The third kappa shape index (κ3) is 3.44. The lowest BCUT2D eigenvalue weighted by Gasteiger charge is -2.30. The zero-order chi connectivity index (χ0) is 15.6. The van der Waals surface area contributed by atoms with E-state index in [4.69, 9.17) is 4.74 Å². The van der Waals surface area contributed by atoms with Gasteiger partial charge < -0.3 is 10.1 Å². The zero-order valence-corrected chi connectivity index (χ0v) is 14.4. The summed E-state index contributed by atoms with van der Waals surface area (Å²) >= 11 is 3.22. The van der Waals surface area contributed by atoms with Gasteiger partial charge in [0.1, 0.15) is 11.1 Å². The number of nitrogens with zero attached hydrogens (tertiary/aromatic N) is 1. The molecule has 2 atom stereocenters. The molecule has 0 aliphatic carbocycles. The van der Waals surface area contributed by atoms with E-state index in [1.54, 1.807) is 27.6 Å². The Labute approximate surface area is 144 Å². The summed E-state index contributed by atoms with van der Waals surface area (Å²) in [6.45, 7) is 0.570. The van der Waals surface area contributed by atoms with E-state index in [0.717, 1.165) is 23.4 Å². The third-order valence-corrected chi connectivity index (χ3v) is 6.23. The number of anilines is 1. The highest BCUT2D eigenvalue weighted by Gasteiger charge is 2.36. The summed E-state index contributed by atoms with van der Waals surface area (Å²) in [5.74, 6) is 0. The minimum Gasteiger partial charge on any atom is -0.446 e. The SMILES string of the molecule is O=C(OC1CC2CCC(C1)N2)N(Cc1ccsc1)c1cccs1. The fourth-order valence-electron chi connectivity index (χ4n) is 3.53. The molecule has 4 rings (SSSR count). The van der Waals surface area contributed by atoms with Crippen LogP contribution in [0.2, 0.25) is 0 Å². The van der Waals surface area contributed by atoms with Crippen molar-refractivity contribution >= 4 is 33.8 Å². The smallest absolute Gasteiger partial charge is 0.415 e. The molecule has 2 aliphatic heterocycles. The first-order chi connectivity index (χ1) is 11.3. The van der Waals surface area contributed by atoms with E-state index in [1.807, 2.05) is 22.9 Å². The maximum absolute atomic E-state index is 12.8. The number of fused-ring (bicyclic) bond motifs is 2. The number of carbonyl (C=O) groups excluding carboxylic acids is 1. The maximum atomic E-state index is 12.8. The van der Waals surface area contributed by atoms with Gasteiger partial charge in [0, 0.05) is 12.1 Å². The molecule has 0 radical (unpaired) electrons. The number of carbonyl (C=O) groups is 1. The molecule has 4 heterocycles. The minimum atomic E-state index is -0.218. The van der Waals surface area contributed by atoms with Crippen molar-refractivity contribution in [3.8, 4) is 0 Å². The molecule has 2 bridgehead atoms. The van der Waals surface area contributed by atoms with E-state index in [1.165, 1.54) is 12.8 Å². The Morgan fingerprint density at radius 1 is 1.26 bits per heavy atom. The molecule has 2 fully saturated rings. The van der Waals surface area contributed by atoms with Crippen LogP contribution in [-0.4, -0.2) is 24.3 Å². The van der Waals surface area contributed by atoms with Crippen molar-refractivity contribution in [3.63, 3.8) is 0 Å². The van der Waals surface area contributed by atoms with Crippen molar-refractivity contribution in [3.05, 3.63) is 39.9 Å². The molecule has 1 N–H and O–H groups in total. The van der Waals surface area contributed by atoms with Gasteiger partial charge in [0.25, 0.3) is 0 Å². The van der Waals surface area contributed by atoms with Gasteiger partial charge >= 0.3 is 6.09 Å². The molecule has 0 spiro atoms. The van der Waals surface area contributed by atoms with Crippen LogP contribution in [0.1, 0.15) is 31.2 Å². The monoisotopic (exact) mass is 348 g/mol. The van der Waals surface area contributed by atoms with Crippen LogP contribution in [-0.2, 0) is 11.3 Å². The molecular weight excluding hydrogens is 328 g/mol. The average molecular weight is 348 g/mol. The topological polar surface area (TPSA) is 41.6 Å². The molecule has 2 aromatic rings. The van der Waals surface area contributed by atoms with Gasteiger partial charge in [0.2, 0.25) is 0 Å². The van der Waals surface area contributed by atoms with Crippen molar-refractivity contribution in [2.45, 2.75) is 50.4 Å². The van der Waals surface area contributed by atoms with Gasteiger partial charge in [-0.3, -0.25) is 4.90 Å². The fraction of sp³-hybridized carbons (Fsp3) is 0.471. The van der Waals surface area contributed by atoms with Crippen LogP contribution in [0, 0.1) is 0 Å². The first kappa shape index (κ1) is 15.2. The highest BCUT2D eigenvalue weighted by atomic mass is 32.1. The summed E-state index contributed by atoms with van der Waals surface area (Å²) in [6.07, 6.45) is 4.14. The lowest BCUT2D eigenvalue weighted by Crippen LogP contribution is -2.44. The molecule has 1 amide bonds. The number of hydrogen-bond acceptors (Lipinski definition) is 5. The van der Waals surface area contributed by atoms with E-state index in [2.05, 4.69) is 16.8 Å². The van der Waals surface area contributed by atoms with Crippen LogP contribution in [0.15, 0.2) is 34.3 Å². The van der Waals surface area contributed by atoms with Crippen LogP contribution < -0.4 is 10.2 Å². The second-order valence-corrected chi connectivity index (χ2v) is 7.99. The molecule has 122 valence electrons.